The Hall–Kier alpha value is -1.62. The molecule has 0 bridgehead atoms. The third-order valence-electron chi connectivity index (χ3n) is 2.91. The molecule has 0 saturated heterocycles. The maximum atomic E-state index is 5.70. The van der Waals surface area contributed by atoms with Gasteiger partial charge in [-0.25, -0.2) is 9.97 Å². The van der Waals surface area contributed by atoms with E-state index < -0.39 is 0 Å². The van der Waals surface area contributed by atoms with Gasteiger partial charge in [0.25, 0.3) is 0 Å². The molecule has 20 heavy (non-hydrogen) atoms. The average molecular weight is 291 g/mol. The van der Waals surface area contributed by atoms with Crippen LogP contribution in [-0.2, 0) is 13.0 Å². The second-order valence-electron chi connectivity index (χ2n) is 4.13. The SMILES string of the molecule is CC.CCNc1ncc2c(n1)-c1cc(CC)sc1CO2. The van der Waals surface area contributed by atoms with Crippen molar-refractivity contribution in [2.75, 3.05) is 11.9 Å². The molecule has 0 aliphatic carbocycles. The third-order valence-corrected chi connectivity index (χ3v) is 4.17. The highest BCUT2D eigenvalue weighted by atomic mass is 32.1. The maximum Gasteiger partial charge on any atom is 0.223 e. The molecule has 4 nitrogen and oxygen atoms in total. The molecule has 5 heteroatoms. The zero-order valence-corrected chi connectivity index (χ0v) is 13.3. The maximum absolute atomic E-state index is 5.70. The van der Waals surface area contributed by atoms with Gasteiger partial charge in [-0.2, -0.15) is 0 Å². The summed E-state index contributed by atoms with van der Waals surface area (Å²) in [6, 6.07) is 2.23. The van der Waals surface area contributed by atoms with Gasteiger partial charge >= 0.3 is 0 Å². The van der Waals surface area contributed by atoms with Gasteiger partial charge < -0.3 is 10.1 Å². The molecule has 0 radical (unpaired) electrons. The van der Waals surface area contributed by atoms with Gasteiger partial charge in [-0.1, -0.05) is 20.8 Å². The summed E-state index contributed by atoms with van der Waals surface area (Å²) < 4.78 is 5.70. The van der Waals surface area contributed by atoms with Crippen molar-refractivity contribution in [1.29, 1.82) is 0 Å². The lowest BCUT2D eigenvalue weighted by Gasteiger charge is -2.16. The van der Waals surface area contributed by atoms with Crippen LogP contribution >= 0.6 is 11.3 Å². The molecule has 0 aromatic carbocycles. The average Bonchev–Trinajstić information content (AvgIpc) is 2.93. The minimum absolute atomic E-state index is 0.636. The van der Waals surface area contributed by atoms with Crippen molar-refractivity contribution in [2.45, 2.75) is 40.7 Å². The van der Waals surface area contributed by atoms with E-state index in [4.69, 9.17) is 4.74 Å². The molecule has 1 aliphatic rings. The molecule has 0 atom stereocenters. The summed E-state index contributed by atoms with van der Waals surface area (Å²) in [4.78, 5) is 11.4. The highest BCUT2D eigenvalue weighted by Gasteiger charge is 2.22. The van der Waals surface area contributed by atoms with E-state index in [1.54, 1.807) is 6.20 Å². The number of nitrogens with one attached hydrogen (secondary N) is 1. The van der Waals surface area contributed by atoms with Crippen molar-refractivity contribution in [3.63, 3.8) is 0 Å². The molecule has 2 aromatic heterocycles. The van der Waals surface area contributed by atoms with E-state index in [2.05, 4.69) is 28.3 Å². The summed E-state index contributed by atoms with van der Waals surface area (Å²) >= 11 is 1.81. The molecule has 2 aromatic rings. The summed E-state index contributed by atoms with van der Waals surface area (Å²) in [7, 11) is 0. The van der Waals surface area contributed by atoms with Crippen LogP contribution in [0, 0.1) is 0 Å². The molecule has 3 heterocycles. The summed E-state index contributed by atoms with van der Waals surface area (Å²) in [5.74, 6) is 1.45. The number of hydrogen-bond donors (Lipinski definition) is 1. The minimum atomic E-state index is 0.636. The predicted molar refractivity (Wildman–Crippen MR) is 84.6 cm³/mol. The number of aromatic nitrogens is 2. The first-order valence-electron chi connectivity index (χ1n) is 7.17. The number of aryl methyl sites for hydroxylation is 1. The van der Waals surface area contributed by atoms with E-state index in [-0.39, 0.29) is 0 Å². The van der Waals surface area contributed by atoms with Gasteiger partial charge in [0.2, 0.25) is 5.95 Å². The van der Waals surface area contributed by atoms with Gasteiger partial charge in [0.1, 0.15) is 12.3 Å². The van der Waals surface area contributed by atoms with Crippen molar-refractivity contribution in [3.05, 3.63) is 22.0 Å². The number of anilines is 1. The van der Waals surface area contributed by atoms with Gasteiger partial charge in [-0.05, 0) is 19.4 Å². The van der Waals surface area contributed by atoms with E-state index >= 15 is 0 Å². The summed E-state index contributed by atoms with van der Waals surface area (Å²) in [5.41, 5.74) is 2.12. The molecule has 0 fully saturated rings. The lowest BCUT2D eigenvalue weighted by molar-refractivity contribution is 0.303. The van der Waals surface area contributed by atoms with E-state index in [1.807, 2.05) is 32.1 Å². The number of nitrogens with zero attached hydrogens (tertiary/aromatic N) is 2. The Kier molecular flexibility index (Phi) is 4.95. The van der Waals surface area contributed by atoms with Gasteiger partial charge in [-0.15, -0.1) is 11.3 Å². The summed E-state index contributed by atoms with van der Waals surface area (Å²) in [6.07, 6.45) is 2.81. The molecule has 0 amide bonds. The van der Waals surface area contributed by atoms with Gasteiger partial charge in [-0.3, -0.25) is 0 Å². The van der Waals surface area contributed by atoms with Crippen LogP contribution in [0.1, 0.15) is 37.4 Å². The minimum Gasteiger partial charge on any atom is -0.484 e. The molecular formula is C15H21N3OS. The normalized spacial score (nSPS) is 11.6. The molecule has 1 aliphatic heterocycles. The Balaban J connectivity index is 0.000000704. The van der Waals surface area contributed by atoms with Gasteiger partial charge in [0.05, 0.1) is 11.1 Å². The fraction of sp³-hybridized carbons (Fsp3) is 0.467. The first-order valence-corrected chi connectivity index (χ1v) is 7.99. The second kappa shape index (κ2) is 6.70. The van der Waals surface area contributed by atoms with Crippen LogP contribution in [0.4, 0.5) is 5.95 Å². The van der Waals surface area contributed by atoms with Crippen molar-refractivity contribution in [2.24, 2.45) is 0 Å². The number of rotatable bonds is 3. The van der Waals surface area contributed by atoms with Gasteiger partial charge in [0.15, 0.2) is 5.75 Å². The number of thiophene rings is 1. The van der Waals surface area contributed by atoms with E-state index in [0.717, 1.165) is 24.4 Å². The summed E-state index contributed by atoms with van der Waals surface area (Å²) in [6.45, 7) is 9.65. The monoisotopic (exact) mass is 291 g/mol. The number of hydrogen-bond acceptors (Lipinski definition) is 5. The highest BCUT2D eigenvalue weighted by molar-refractivity contribution is 7.12. The first kappa shape index (κ1) is 14.8. The second-order valence-corrected chi connectivity index (χ2v) is 5.35. The Morgan fingerprint density at radius 1 is 1.35 bits per heavy atom. The number of ether oxygens (including phenoxy) is 1. The van der Waals surface area contributed by atoms with E-state index in [9.17, 15) is 0 Å². The van der Waals surface area contributed by atoms with Gasteiger partial charge in [0, 0.05) is 17.0 Å². The fourth-order valence-electron chi connectivity index (χ4n) is 2.02. The third kappa shape index (κ3) is 2.77. The smallest absolute Gasteiger partial charge is 0.223 e. The highest BCUT2D eigenvalue weighted by Crippen LogP contribution is 2.40. The predicted octanol–water partition coefficient (Wildman–Crippen LogP) is 4.12. The van der Waals surface area contributed by atoms with Crippen LogP contribution in [0.15, 0.2) is 12.3 Å². The Morgan fingerprint density at radius 3 is 2.85 bits per heavy atom. The fourth-order valence-corrected chi connectivity index (χ4v) is 3.04. The lowest BCUT2D eigenvalue weighted by Crippen LogP contribution is -2.08. The van der Waals surface area contributed by atoms with Crippen LogP contribution in [0.2, 0.25) is 0 Å². The van der Waals surface area contributed by atoms with Crippen molar-refractivity contribution < 1.29 is 4.74 Å². The molecule has 108 valence electrons. The molecule has 0 unspecified atom stereocenters. The molecule has 3 rings (SSSR count). The Morgan fingerprint density at radius 2 is 2.15 bits per heavy atom. The summed E-state index contributed by atoms with van der Waals surface area (Å²) in [5, 5.41) is 3.13. The molecular weight excluding hydrogens is 270 g/mol. The van der Waals surface area contributed by atoms with Crippen LogP contribution in [0.25, 0.3) is 11.3 Å². The Bertz CT molecular complexity index is 580. The molecule has 0 spiro atoms. The van der Waals surface area contributed by atoms with Crippen molar-refractivity contribution >= 4 is 17.3 Å². The standard InChI is InChI=1S/C13H15N3OS.C2H6/c1-3-8-5-9-11(18-8)7-17-10-6-15-13(14-4-2)16-12(9)10;1-2/h5-6H,3-4,7H2,1-2H3,(H,14,15,16);1-2H3. The topological polar surface area (TPSA) is 47.0 Å². The van der Waals surface area contributed by atoms with Crippen LogP contribution in [-0.4, -0.2) is 16.5 Å². The van der Waals surface area contributed by atoms with Crippen molar-refractivity contribution in [1.82, 2.24) is 9.97 Å². The van der Waals surface area contributed by atoms with Crippen LogP contribution in [0.3, 0.4) is 0 Å². The van der Waals surface area contributed by atoms with Crippen LogP contribution in [0.5, 0.6) is 5.75 Å². The largest absolute Gasteiger partial charge is 0.484 e. The zero-order chi connectivity index (χ0) is 14.5. The molecule has 1 N–H and O–H groups in total. The van der Waals surface area contributed by atoms with E-state index in [0.29, 0.717) is 12.6 Å². The quantitative estimate of drug-likeness (QED) is 0.924. The van der Waals surface area contributed by atoms with E-state index in [1.165, 1.54) is 15.3 Å². The van der Waals surface area contributed by atoms with Crippen molar-refractivity contribution in [3.8, 4) is 17.0 Å². The zero-order valence-electron chi connectivity index (χ0n) is 12.5. The Labute approximate surface area is 124 Å². The lowest BCUT2D eigenvalue weighted by atomic mass is 10.1. The van der Waals surface area contributed by atoms with Crippen LogP contribution < -0.4 is 10.1 Å². The number of fused-ring (bicyclic) bond motifs is 3. The first-order chi connectivity index (χ1) is 9.81. The molecule has 0 saturated carbocycles.